The molecule has 6 heteroatoms. The lowest BCUT2D eigenvalue weighted by atomic mass is 10.3. The van der Waals surface area contributed by atoms with Crippen LogP contribution in [0.3, 0.4) is 0 Å². The molecule has 1 amide bonds. The fourth-order valence-corrected chi connectivity index (χ4v) is 1.98. The molecule has 1 rings (SSSR count). The van der Waals surface area contributed by atoms with Gasteiger partial charge in [-0.1, -0.05) is 0 Å². The Kier molecular flexibility index (Phi) is 3.72. The third kappa shape index (κ3) is 3.17. The molecule has 0 saturated carbocycles. The third-order valence-corrected chi connectivity index (χ3v) is 4.29. The van der Waals surface area contributed by atoms with E-state index >= 15 is 0 Å². The van der Waals surface area contributed by atoms with Crippen LogP contribution in [0.1, 0.15) is 6.92 Å². The Balaban J connectivity index is 2.62. The van der Waals surface area contributed by atoms with Crippen molar-refractivity contribution in [2.75, 3.05) is 39.5 Å². The average Bonchev–Trinajstić information content (AvgIpc) is 2.15. The van der Waals surface area contributed by atoms with Crippen LogP contribution in [-0.4, -0.2) is 68.9 Å². The second kappa shape index (κ2) is 4.49. The number of likely N-dealkylation sites (N-methyl/N-ethyl adjacent to an activating group) is 1. The Labute approximate surface area is 91.0 Å². The summed E-state index contributed by atoms with van der Waals surface area (Å²) in [5.41, 5.74) is 0. The van der Waals surface area contributed by atoms with E-state index in [9.17, 15) is 13.2 Å². The highest BCUT2D eigenvalue weighted by atomic mass is 32.2. The summed E-state index contributed by atoms with van der Waals surface area (Å²) in [6.45, 7) is 4.31. The molecule has 0 bridgehead atoms. The van der Waals surface area contributed by atoms with Crippen molar-refractivity contribution in [3.63, 3.8) is 0 Å². The molecule has 1 atom stereocenters. The molecule has 1 heterocycles. The minimum absolute atomic E-state index is 0.273. The first-order valence-corrected chi connectivity index (χ1v) is 6.94. The van der Waals surface area contributed by atoms with Gasteiger partial charge in [0.1, 0.15) is 5.25 Å². The van der Waals surface area contributed by atoms with Crippen LogP contribution in [0.4, 0.5) is 0 Å². The number of hydrogen-bond acceptors (Lipinski definition) is 4. The molecule has 1 saturated heterocycles. The lowest BCUT2D eigenvalue weighted by Crippen LogP contribution is -2.51. The zero-order chi connectivity index (χ0) is 11.6. The first kappa shape index (κ1) is 12.4. The lowest BCUT2D eigenvalue weighted by Gasteiger charge is -2.33. The van der Waals surface area contributed by atoms with Crippen LogP contribution >= 0.6 is 0 Å². The van der Waals surface area contributed by atoms with Crippen molar-refractivity contribution in [2.24, 2.45) is 0 Å². The van der Waals surface area contributed by atoms with Gasteiger partial charge in [0.15, 0.2) is 9.84 Å². The maximum absolute atomic E-state index is 11.8. The summed E-state index contributed by atoms with van der Waals surface area (Å²) in [4.78, 5) is 15.5. The molecule has 0 aliphatic carbocycles. The zero-order valence-corrected chi connectivity index (χ0v) is 10.2. The van der Waals surface area contributed by atoms with Gasteiger partial charge in [-0.15, -0.1) is 0 Å². The Morgan fingerprint density at radius 1 is 1.20 bits per heavy atom. The summed E-state index contributed by atoms with van der Waals surface area (Å²) in [6, 6.07) is 0. The van der Waals surface area contributed by atoms with Crippen molar-refractivity contribution in [1.82, 2.24) is 9.80 Å². The van der Waals surface area contributed by atoms with Crippen molar-refractivity contribution in [3.05, 3.63) is 0 Å². The number of piperazine rings is 1. The fraction of sp³-hybridized carbons (Fsp3) is 0.889. The van der Waals surface area contributed by atoms with Gasteiger partial charge in [0.05, 0.1) is 0 Å². The molecule has 5 nitrogen and oxygen atoms in total. The molecule has 0 radical (unpaired) electrons. The van der Waals surface area contributed by atoms with E-state index in [2.05, 4.69) is 4.90 Å². The van der Waals surface area contributed by atoms with Crippen LogP contribution < -0.4 is 0 Å². The van der Waals surface area contributed by atoms with Crippen molar-refractivity contribution in [2.45, 2.75) is 12.2 Å². The second-order valence-electron chi connectivity index (χ2n) is 4.10. The SMILES string of the molecule is CC(C(=O)N1CCN(C)CC1)S(C)(=O)=O. The van der Waals surface area contributed by atoms with Crippen LogP contribution in [0.2, 0.25) is 0 Å². The monoisotopic (exact) mass is 234 g/mol. The highest BCUT2D eigenvalue weighted by Gasteiger charge is 2.29. The minimum atomic E-state index is -3.27. The standard InChI is InChI=1S/C9H18N2O3S/c1-8(15(3,13)14)9(12)11-6-4-10(2)5-7-11/h8H,4-7H2,1-3H3. The van der Waals surface area contributed by atoms with Gasteiger partial charge in [0, 0.05) is 32.4 Å². The van der Waals surface area contributed by atoms with E-state index in [0.717, 1.165) is 19.3 Å². The molecule has 0 N–H and O–H groups in total. The van der Waals surface area contributed by atoms with Gasteiger partial charge >= 0.3 is 0 Å². The summed E-state index contributed by atoms with van der Waals surface area (Å²) in [7, 11) is -1.28. The summed E-state index contributed by atoms with van der Waals surface area (Å²) in [5.74, 6) is -0.273. The highest BCUT2D eigenvalue weighted by molar-refractivity contribution is 7.92. The number of hydrogen-bond donors (Lipinski definition) is 0. The number of rotatable bonds is 2. The topological polar surface area (TPSA) is 57.7 Å². The van der Waals surface area contributed by atoms with Gasteiger partial charge < -0.3 is 9.80 Å². The van der Waals surface area contributed by atoms with E-state index in [0.29, 0.717) is 13.1 Å². The van der Waals surface area contributed by atoms with Gasteiger partial charge in [0.2, 0.25) is 5.91 Å². The van der Waals surface area contributed by atoms with E-state index in [-0.39, 0.29) is 5.91 Å². The van der Waals surface area contributed by atoms with E-state index in [1.807, 2.05) is 7.05 Å². The first-order valence-electron chi connectivity index (χ1n) is 4.98. The maximum Gasteiger partial charge on any atom is 0.240 e. The first-order chi connectivity index (χ1) is 6.82. The van der Waals surface area contributed by atoms with E-state index in [1.54, 1.807) is 4.90 Å². The van der Waals surface area contributed by atoms with Crippen molar-refractivity contribution >= 4 is 15.7 Å². The number of sulfone groups is 1. The van der Waals surface area contributed by atoms with Crippen LogP contribution in [0, 0.1) is 0 Å². The molecule has 1 unspecified atom stereocenters. The molecule has 1 fully saturated rings. The quantitative estimate of drug-likeness (QED) is 0.627. The van der Waals surface area contributed by atoms with Gasteiger partial charge in [-0.3, -0.25) is 4.79 Å². The smallest absolute Gasteiger partial charge is 0.240 e. The Hall–Kier alpha value is -0.620. The van der Waals surface area contributed by atoms with Gasteiger partial charge in [-0.2, -0.15) is 0 Å². The van der Waals surface area contributed by atoms with Gasteiger partial charge in [-0.25, -0.2) is 8.42 Å². The zero-order valence-electron chi connectivity index (χ0n) is 9.43. The van der Waals surface area contributed by atoms with Crippen LogP contribution in [0.25, 0.3) is 0 Å². The van der Waals surface area contributed by atoms with Gasteiger partial charge in [-0.05, 0) is 14.0 Å². The summed E-state index contributed by atoms with van der Waals surface area (Å²) >= 11 is 0. The molecule has 1 aliphatic heterocycles. The molecular weight excluding hydrogens is 216 g/mol. The normalized spacial score (nSPS) is 21.4. The second-order valence-corrected chi connectivity index (χ2v) is 6.47. The molecule has 15 heavy (non-hydrogen) atoms. The summed E-state index contributed by atoms with van der Waals surface area (Å²) in [5, 5.41) is -0.916. The molecule has 0 aromatic heterocycles. The number of amides is 1. The highest BCUT2D eigenvalue weighted by Crippen LogP contribution is 2.07. The predicted molar refractivity (Wildman–Crippen MR) is 58.4 cm³/mol. The predicted octanol–water partition coefficient (Wildman–Crippen LogP) is -0.806. The fourth-order valence-electron chi connectivity index (χ4n) is 1.47. The van der Waals surface area contributed by atoms with E-state index in [1.165, 1.54) is 6.92 Å². The van der Waals surface area contributed by atoms with Crippen LogP contribution in [0.15, 0.2) is 0 Å². The van der Waals surface area contributed by atoms with Crippen molar-refractivity contribution in [1.29, 1.82) is 0 Å². The minimum Gasteiger partial charge on any atom is -0.339 e. The number of nitrogens with zero attached hydrogens (tertiary/aromatic N) is 2. The molecular formula is C9H18N2O3S. The van der Waals surface area contributed by atoms with Crippen LogP contribution in [0.5, 0.6) is 0 Å². The average molecular weight is 234 g/mol. The van der Waals surface area contributed by atoms with Crippen LogP contribution in [-0.2, 0) is 14.6 Å². The Morgan fingerprint density at radius 3 is 2.07 bits per heavy atom. The molecule has 88 valence electrons. The molecule has 1 aliphatic rings. The number of carbonyl (C=O) groups excluding carboxylic acids is 1. The summed E-state index contributed by atoms with van der Waals surface area (Å²) in [6.07, 6.45) is 1.10. The van der Waals surface area contributed by atoms with E-state index < -0.39 is 15.1 Å². The summed E-state index contributed by atoms with van der Waals surface area (Å²) < 4.78 is 22.4. The Morgan fingerprint density at radius 2 is 1.67 bits per heavy atom. The van der Waals surface area contributed by atoms with Crippen molar-refractivity contribution < 1.29 is 13.2 Å². The molecule has 0 spiro atoms. The van der Waals surface area contributed by atoms with Gasteiger partial charge in [0.25, 0.3) is 0 Å². The molecule has 0 aromatic carbocycles. The third-order valence-electron chi connectivity index (χ3n) is 2.80. The lowest BCUT2D eigenvalue weighted by molar-refractivity contribution is -0.131. The molecule has 0 aromatic rings. The van der Waals surface area contributed by atoms with E-state index in [4.69, 9.17) is 0 Å². The largest absolute Gasteiger partial charge is 0.339 e. The Bertz CT molecular complexity index is 331. The van der Waals surface area contributed by atoms with Crippen molar-refractivity contribution in [3.8, 4) is 0 Å². The maximum atomic E-state index is 11.8. The number of carbonyl (C=O) groups is 1.